The first-order chi connectivity index (χ1) is 11.0. The molecule has 0 aliphatic carbocycles. The van der Waals surface area contributed by atoms with Crippen molar-refractivity contribution in [1.82, 2.24) is 9.78 Å². The summed E-state index contributed by atoms with van der Waals surface area (Å²) in [5.74, 6) is 0. The van der Waals surface area contributed by atoms with Crippen molar-refractivity contribution in [3.8, 4) is 11.3 Å². The molecule has 7 heteroatoms. The number of carbonyl (C=O) groups is 1. The van der Waals surface area contributed by atoms with Crippen molar-refractivity contribution in [3.63, 3.8) is 0 Å². The van der Waals surface area contributed by atoms with E-state index in [-0.39, 0.29) is 0 Å². The van der Waals surface area contributed by atoms with Crippen LogP contribution < -0.4 is 5.32 Å². The van der Waals surface area contributed by atoms with Gasteiger partial charge in [-0.05, 0) is 32.0 Å². The molecule has 1 amide bonds. The standard InChI is InChI=1S/C16H21N3O4/c1-4-22-15(23-5-2)14-10-13(18-19(14)3)11-6-8-12(9-7-11)17-16(20)21/h6-10,15,17H,4-5H2,1-3H3,(H,20,21). The van der Waals surface area contributed by atoms with Crippen LogP contribution in [0.4, 0.5) is 10.5 Å². The third kappa shape index (κ3) is 4.30. The van der Waals surface area contributed by atoms with Gasteiger partial charge in [-0.3, -0.25) is 10.00 Å². The Morgan fingerprint density at radius 3 is 2.39 bits per heavy atom. The van der Waals surface area contributed by atoms with Crippen LogP contribution >= 0.6 is 0 Å². The van der Waals surface area contributed by atoms with E-state index in [1.807, 2.05) is 39.1 Å². The maximum atomic E-state index is 10.6. The van der Waals surface area contributed by atoms with Gasteiger partial charge in [0.25, 0.3) is 0 Å². The Hall–Kier alpha value is -2.38. The van der Waals surface area contributed by atoms with Crippen LogP contribution in [-0.4, -0.2) is 34.2 Å². The van der Waals surface area contributed by atoms with Crippen molar-refractivity contribution in [2.45, 2.75) is 20.1 Å². The van der Waals surface area contributed by atoms with Crippen molar-refractivity contribution in [2.24, 2.45) is 7.05 Å². The molecule has 1 heterocycles. The SMILES string of the molecule is CCOC(OCC)c1cc(-c2ccc(NC(=O)O)cc2)nn1C. The minimum absolute atomic E-state index is 0.454. The lowest BCUT2D eigenvalue weighted by molar-refractivity contribution is -0.144. The van der Waals surface area contributed by atoms with E-state index in [9.17, 15) is 4.79 Å². The van der Waals surface area contributed by atoms with Gasteiger partial charge in [-0.15, -0.1) is 0 Å². The maximum Gasteiger partial charge on any atom is 0.409 e. The lowest BCUT2D eigenvalue weighted by atomic mass is 10.1. The Kier molecular flexibility index (Phi) is 5.72. The number of nitrogens with one attached hydrogen (secondary N) is 1. The fourth-order valence-electron chi connectivity index (χ4n) is 2.21. The molecular formula is C16H21N3O4. The van der Waals surface area contributed by atoms with Crippen LogP contribution in [-0.2, 0) is 16.5 Å². The zero-order valence-electron chi connectivity index (χ0n) is 13.4. The molecule has 0 fully saturated rings. The molecule has 2 aromatic rings. The number of hydrogen-bond acceptors (Lipinski definition) is 4. The number of benzene rings is 1. The van der Waals surface area contributed by atoms with Gasteiger partial charge in [-0.2, -0.15) is 5.10 Å². The molecule has 1 aromatic carbocycles. The number of hydrogen-bond donors (Lipinski definition) is 2. The third-order valence-corrected chi connectivity index (χ3v) is 3.23. The van der Waals surface area contributed by atoms with E-state index in [0.29, 0.717) is 18.9 Å². The van der Waals surface area contributed by atoms with Crippen LogP contribution in [0.3, 0.4) is 0 Å². The Morgan fingerprint density at radius 1 is 1.26 bits per heavy atom. The average Bonchev–Trinajstić information content (AvgIpc) is 2.89. The van der Waals surface area contributed by atoms with Crippen molar-refractivity contribution in [3.05, 3.63) is 36.0 Å². The highest BCUT2D eigenvalue weighted by Crippen LogP contribution is 2.26. The number of nitrogens with zero attached hydrogens (tertiary/aromatic N) is 2. The van der Waals surface area contributed by atoms with Gasteiger partial charge in [0.05, 0.1) is 11.4 Å². The van der Waals surface area contributed by atoms with Crippen molar-refractivity contribution in [2.75, 3.05) is 18.5 Å². The van der Waals surface area contributed by atoms with Gasteiger partial charge in [-0.1, -0.05) is 12.1 Å². The van der Waals surface area contributed by atoms with Crippen LogP contribution in [0, 0.1) is 0 Å². The van der Waals surface area contributed by atoms with Gasteiger partial charge in [0, 0.05) is 31.5 Å². The smallest absolute Gasteiger partial charge is 0.409 e. The molecule has 0 unspecified atom stereocenters. The van der Waals surface area contributed by atoms with Crippen LogP contribution in [0.5, 0.6) is 0 Å². The zero-order valence-corrected chi connectivity index (χ0v) is 13.4. The number of aryl methyl sites for hydroxylation is 1. The first kappa shape index (κ1) is 17.0. The molecule has 23 heavy (non-hydrogen) atoms. The van der Waals surface area contributed by atoms with Crippen LogP contribution in [0.15, 0.2) is 30.3 Å². The van der Waals surface area contributed by atoms with Gasteiger partial charge >= 0.3 is 6.09 Å². The lowest BCUT2D eigenvalue weighted by Gasteiger charge is -2.16. The predicted octanol–water partition coefficient (Wildman–Crippen LogP) is 3.25. The number of rotatable bonds is 7. The van der Waals surface area contributed by atoms with Crippen molar-refractivity contribution >= 4 is 11.8 Å². The van der Waals surface area contributed by atoms with E-state index in [1.54, 1.807) is 16.8 Å². The molecule has 124 valence electrons. The zero-order chi connectivity index (χ0) is 16.8. The Balaban J connectivity index is 2.23. The first-order valence-corrected chi connectivity index (χ1v) is 7.42. The molecule has 1 aromatic heterocycles. The average molecular weight is 319 g/mol. The molecule has 0 atom stereocenters. The van der Waals surface area contributed by atoms with E-state index < -0.39 is 12.4 Å². The van der Waals surface area contributed by atoms with E-state index in [1.165, 1.54) is 0 Å². The topological polar surface area (TPSA) is 85.6 Å². The summed E-state index contributed by atoms with van der Waals surface area (Å²) in [6, 6.07) is 8.93. The summed E-state index contributed by atoms with van der Waals surface area (Å²) < 4.78 is 12.9. The predicted molar refractivity (Wildman–Crippen MR) is 86.3 cm³/mol. The summed E-state index contributed by atoms with van der Waals surface area (Å²) in [5.41, 5.74) is 3.00. The second-order valence-corrected chi connectivity index (χ2v) is 4.83. The molecule has 0 aliphatic heterocycles. The highest BCUT2D eigenvalue weighted by Gasteiger charge is 2.18. The quantitative estimate of drug-likeness (QED) is 0.765. The highest BCUT2D eigenvalue weighted by atomic mass is 16.7. The van der Waals surface area contributed by atoms with E-state index in [0.717, 1.165) is 17.0 Å². The summed E-state index contributed by atoms with van der Waals surface area (Å²) in [5, 5.41) is 15.5. The van der Waals surface area contributed by atoms with Crippen LogP contribution in [0.2, 0.25) is 0 Å². The van der Waals surface area contributed by atoms with Crippen molar-refractivity contribution in [1.29, 1.82) is 0 Å². The third-order valence-electron chi connectivity index (χ3n) is 3.23. The first-order valence-electron chi connectivity index (χ1n) is 7.42. The molecule has 0 saturated heterocycles. The molecule has 0 bridgehead atoms. The fraction of sp³-hybridized carbons (Fsp3) is 0.375. The van der Waals surface area contributed by atoms with E-state index >= 15 is 0 Å². The normalized spacial score (nSPS) is 11.0. The Morgan fingerprint density at radius 2 is 1.87 bits per heavy atom. The van der Waals surface area contributed by atoms with Gasteiger partial charge in [-0.25, -0.2) is 4.79 Å². The van der Waals surface area contributed by atoms with Crippen molar-refractivity contribution < 1.29 is 19.4 Å². The van der Waals surface area contributed by atoms with E-state index in [4.69, 9.17) is 14.6 Å². The summed E-state index contributed by atoms with van der Waals surface area (Å²) in [7, 11) is 1.84. The maximum absolute atomic E-state index is 10.6. The van der Waals surface area contributed by atoms with E-state index in [2.05, 4.69) is 10.4 Å². The van der Waals surface area contributed by atoms with Crippen LogP contribution in [0.1, 0.15) is 25.8 Å². The number of carboxylic acid groups (broad SMARTS) is 1. The minimum atomic E-state index is -1.09. The summed E-state index contributed by atoms with van der Waals surface area (Å²) >= 11 is 0. The second-order valence-electron chi connectivity index (χ2n) is 4.83. The summed E-state index contributed by atoms with van der Waals surface area (Å²) in [6.07, 6.45) is -1.54. The van der Waals surface area contributed by atoms with Gasteiger partial charge in [0.15, 0.2) is 0 Å². The largest absolute Gasteiger partial charge is 0.465 e. The number of anilines is 1. The number of ether oxygens (including phenoxy) is 2. The molecule has 2 rings (SSSR count). The molecule has 2 N–H and O–H groups in total. The Labute approximate surface area is 134 Å². The van der Waals surface area contributed by atoms with Gasteiger partial charge in [0.2, 0.25) is 6.29 Å². The van der Waals surface area contributed by atoms with Gasteiger partial charge in [0.1, 0.15) is 0 Å². The number of amides is 1. The fourth-order valence-corrected chi connectivity index (χ4v) is 2.21. The number of aromatic nitrogens is 2. The monoisotopic (exact) mass is 319 g/mol. The van der Waals surface area contributed by atoms with Crippen LogP contribution in [0.25, 0.3) is 11.3 Å². The summed E-state index contributed by atoms with van der Waals surface area (Å²) in [6.45, 7) is 4.91. The highest BCUT2D eigenvalue weighted by molar-refractivity contribution is 5.83. The molecule has 0 spiro atoms. The molecular weight excluding hydrogens is 298 g/mol. The molecule has 0 radical (unpaired) electrons. The summed E-state index contributed by atoms with van der Waals surface area (Å²) in [4.78, 5) is 10.6. The lowest BCUT2D eigenvalue weighted by Crippen LogP contribution is -2.12. The molecule has 0 aliphatic rings. The second kappa shape index (κ2) is 7.75. The molecule has 7 nitrogen and oxygen atoms in total. The minimum Gasteiger partial charge on any atom is -0.465 e. The van der Waals surface area contributed by atoms with Gasteiger partial charge < -0.3 is 14.6 Å². The molecule has 0 saturated carbocycles. The Bertz CT molecular complexity index is 646.